The summed E-state index contributed by atoms with van der Waals surface area (Å²) in [5, 5.41) is 4.53. The van der Waals surface area contributed by atoms with Gasteiger partial charge in [0.05, 0.1) is 18.8 Å². The van der Waals surface area contributed by atoms with Crippen molar-refractivity contribution in [1.82, 2.24) is 14.7 Å². The molecule has 0 spiro atoms. The second-order valence-corrected chi connectivity index (χ2v) is 6.64. The summed E-state index contributed by atoms with van der Waals surface area (Å²) < 4.78 is 20.8. The van der Waals surface area contributed by atoms with Crippen LogP contribution in [0, 0.1) is 12.7 Å². The number of amides is 1. The van der Waals surface area contributed by atoms with Gasteiger partial charge in [-0.2, -0.15) is 5.10 Å². The highest BCUT2D eigenvalue weighted by Crippen LogP contribution is 2.19. The van der Waals surface area contributed by atoms with E-state index in [4.69, 9.17) is 4.74 Å². The second kappa shape index (κ2) is 7.23. The molecule has 1 aliphatic rings. The molecule has 2 heterocycles. The average Bonchev–Trinajstić information content (AvgIpc) is 3.08. The summed E-state index contributed by atoms with van der Waals surface area (Å²) in [6.45, 7) is 3.98. The van der Waals surface area contributed by atoms with Crippen molar-refractivity contribution in [1.29, 1.82) is 0 Å². The van der Waals surface area contributed by atoms with E-state index in [2.05, 4.69) is 5.10 Å². The minimum Gasteiger partial charge on any atom is -0.487 e. The molecule has 0 radical (unpaired) electrons. The molecule has 138 valence electrons. The molecule has 1 aliphatic heterocycles. The van der Waals surface area contributed by atoms with Gasteiger partial charge in [0.2, 0.25) is 0 Å². The number of aryl methyl sites for hydroxylation is 1. The standard InChI is InChI=1S/C21H20FN3O2/c1-15-5-2-3-8-20(15)21(26)24-9-10-25-18(13-24)12-17(23-25)14-27-19-7-4-6-16(22)11-19/h2-8,11-12H,9-10,13-14H2,1H3. The fourth-order valence-electron chi connectivity index (χ4n) is 3.27. The minimum absolute atomic E-state index is 0.0399. The van der Waals surface area contributed by atoms with Gasteiger partial charge in [-0.05, 0) is 36.8 Å². The first-order valence-corrected chi connectivity index (χ1v) is 8.89. The van der Waals surface area contributed by atoms with Crippen molar-refractivity contribution >= 4 is 5.91 Å². The highest BCUT2D eigenvalue weighted by atomic mass is 19.1. The third kappa shape index (κ3) is 3.69. The van der Waals surface area contributed by atoms with Crippen LogP contribution >= 0.6 is 0 Å². The summed E-state index contributed by atoms with van der Waals surface area (Å²) in [4.78, 5) is 14.7. The highest BCUT2D eigenvalue weighted by molar-refractivity contribution is 5.95. The Bertz CT molecular complexity index is 983. The average molecular weight is 365 g/mol. The monoisotopic (exact) mass is 365 g/mol. The first-order chi connectivity index (χ1) is 13.1. The van der Waals surface area contributed by atoms with Crippen LogP contribution in [0.3, 0.4) is 0 Å². The van der Waals surface area contributed by atoms with E-state index in [0.29, 0.717) is 25.4 Å². The summed E-state index contributed by atoms with van der Waals surface area (Å²) in [5.74, 6) is 0.178. The molecule has 1 amide bonds. The maximum Gasteiger partial charge on any atom is 0.254 e. The first kappa shape index (κ1) is 17.3. The lowest BCUT2D eigenvalue weighted by atomic mass is 10.1. The van der Waals surface area contributed by atoms with Gasteiger partial charge >= 0.3 is 0 Å². The van der Waals surface area contributed by atoms with Gasteiger partial charge in [0.1, 0.15) is 23.9 Å². The van der Waals surface area contributed by atoms with Crippen LogP contribution in [0.4, 0.5) is 4.39 Å². The Morgan fingerprint density at radius 3 is 2.81 bits per heavy atom. The minimum atomic E-state index is -0.331. The Labute approximate surface area is 157 Å². The van der Waals surface area contributed by atoms with E-state index >= 15 is 0 Å². The number of nitrogens with zero attached hydrogens (tertiary/aromatic N) is 3. The van der Waals surface area contributed by atoms with Crippen LogP contribution in [-0.2, 0) is 19.7 Å². The molecule has 27 heavy (non-hydrogen) atoms. The smallest absolute Gasteiger partial charge is 0.254 e. The number of rotatable bonds is 4. The number of carbonyl (C=O) groups excluding carboxylic acids is 1. The van der Waals surface area contributed by atoms with Crippen molar-refractivity contribution in [3.8, 4) is 5.75 Å². The zero-order valence-corrected chi connectivity index (χ0v) is 15.1. The molecule has 4 rings (SSSR count). The van der Waals surface area contributed by atoms with E-state index in [0.717, 1.165) is 22.5 Å². The molecule has 3 aromatic rings. The lowest BCUT2D eigenvalue weighted by molar-refractivity contribution is 0.0705. The van der Waals surface area contributed by atoms with Crippen LogP contribution in [-0.4, -0.2) is 27.1 Å². The molecule has 5 nitrogen and oxygen atoms in total. The number of benzene rings is 2. The van der Waals surface area contributed by atoms with E-state index in [-0.39, 0.29) is 18.3 Å². The molecule has 0 N–H and O–H groups in total. The van der Waals surface area contributed by atoms with Gasteiger partial charge in [-0.25, -0.2) is 4.39 Å². The lowest BCUT2D eigenvalue weighted by Crippen LogP contribution is -2.38. The molecule has 6 heteroatoms. The lowest BCUT2D eigenvalue weighted by Gasteiger charge is -2.28. The number of fused-ring (bicyclic) bond motifs is 1. The van der Waals surface area contributed by atoms with E-state index in [1.54, 1.807) is 12.1 Å². The van der Waals surface area contributed by atoms with Crippen LogP contribution in [0.25, 0.3) is 0 Å². The second-order valence-electron chi connectivity index (χ2n) is 6.64. The van der Waals surface area contributed by atoms with Gasteiger partial charge in [-0.3, -0.25) is 9.48 Å². The van der Waals surface area contributed by atoms with E-state index < -0.39 is 0 Å². The third-order valence-corrected chi connectivity index (χ3v) is 4.69. The number of ether oxygens (including phenoxy) is 1. The van der Waals surface area contributed by atoms with Crippen molar-refractivity contribution in [2.24, 2.45) is 0 Å². The van der Waals surface area contributed by atoms with Gasteiger partial charge in [0.25, 0.3) is 5.91 Å². The molecule has 1 aromatic heterocycles. The zero-order valence-electron chi connectivity index (χ0n) is 15.1. The normalized spacial score (nSPS) is 13.3. The Morgan fingerprint density at radius 2 is 2.00 bits per heavy atom. The maximum atomic E-state index is 13.2. The molecule has 0 bridgehead atoms. The van der Waals surface area contributed by atoms with Crippen LogP contribution in [0.15, 0.2) is 54.6 Å². The summed E-state index contributed by atoms with van der Waals surface area (Å²) in [5.41, 5.74) is 3.45. The predicted molar refractivity (Wildman–Crippen MR) is 98.9 cm³/mol. The third-order valence-electron chi connectivity index (χ3n) is 4.69. The van der Waals surface area contributed by atoms with Crippen LogP contribution in [0.1, 0.15) is 27.3 Å². The molecule has 2 aromatic carbocycles. The van der Waals surface area contributed by atoms with Gasteiger partial charge in [-0.15, -0.1) is 0 Å². The molecule has 0 aliphatic carbocycles. The van der Waals surface area contributed by atoms with Gasteiger partial charge < -0.3 is 9.64 Å². The molecule has 0 fully saturated rings. The zero-order chi connectivity index (χ0) is 18.8. The number of halogens is 1. The van der Waals surface area contributed by atoms with Gasteiger partial charge in [0, 0.05) is 18.2 Å². The Hall–Kier alpha value is -3.15. The fraction of sp³-hybridized carbons (Fsp3) is 0.238. The molecule has 0 saturated carbocycles. The summed E-state index contributed by atoms with van der Waals surface area (Å²) in [7, 11) is 0. The predicted octanol–water partition coefficient (Wildman–Crippen LogP) is 3.57. The van der Waals surface area contributed by atoms with Crippen molar-refractivity contribution < 1.29 is 13.9 Å². The number of carbonyl (C=O) groups is 1. The number of aromatic nitrogens is 2. The first-order valence-electron chi connectivity index (χ1n) is 8.89. The highest BCUT2D eigenvalue weighted by Gasteiger charge is 2.24. The molecule has 0 saturated heterocycles. The fourth-order valence-corrected chi connectivity index (χ4v) is 3.27. The summed E-state index contributed by atoms with van der Waals surface area (Å²) in [6.07, 6.45) is 0. The Morgan fingerprint density at radius 1 is 1.15 bits per heavy atom. The van der Waals surface area contributed by atoms with Gasteiger partial charge in [0.15, 0.2) is 0 Å². The Kier molecular flexibility index (Phi) is 4.62. The van der Waals surface area contributed by atoms with Gasteiger partial charge in [-0.1, -0.05) is 24.3 Å². The van der Waals surface area contributed by atoms with Crippen molar-refractivity contribution in [3.63, 3.8) is 0 Å². The van der Waals surface area contributed by atoms with Crippen LogP contribution in [0.5, 0.6) is 5.75 Å². The van der Waals surface area contributed by atoms with E-state index in [1.165, 1.54) is 12.1 Å². The molecular weight excluding hydrogens is 345 g/mol. The maximum absolute atomic E-state index is 13.2. The van der Waals surface area contributed by atoms with E-state index in [9.17, 15) is 9.18 Å². The summed E-state index contributed by atoms with van der Waals surface area (Å²) >= 11 is 0. The number of hydrogen-bond acceptors (Lipinski definition) is 3. The molecule has 0 unspecified atom stereocenters. The van der Waals surface area contributed by atoms with Crippen molar-refractivity contribution in [2.45, 2.75) is 26.6 Å². The van der Waals surface area contributed by atoms with E-state index in [1.807, 2.05) is 46.8 Å². The number of hydrogen-bond donors (Lipinski definition) is 0. The quantitative estimate of drug-likeness (QED) is 0.710. The SMILES string of the molecule is Cc1ccccc1C(=O)N1CCn2nc(COc3cccc(F)c3)cc2C1. The topological polar surface area (TPSA) is 47.4 Å². The van der Waals surface area contributed by atoms with Crippen molar-refractivity contribution in [3.05, 3.63) is 82.9 Å². The van der Waals surface area contributed by atoms with Crippen molar-refractivity contribution in [2.75, 3.05) is 6.54 Å². The molecule has 0 atom stereocenters. The van der Waals surface area contributed by atoms with Crippen LogP contribution < -0.4 is 4.74 Å². The Balaban J connectivity index is 1.44. The van der Waals surface area contributed by atoms with Crippen LogP contribution in [0.2, 0.25) is 0 Å². The molecular formula is C21H20FN3O2. The summed E-state index contributed by atoms with van der Waals surface area (Å²) in [6, 6.07) is 15.6. The largest absolute Gasteiger partial charge is 0.487 e.